The number of aliphatic hydroxyl groups excluding tert-OH is 1. The second-order valence-electron chi connectivity index (χ2n) is 6.89. The van der Waals surface area contributed by atoms with E-state index >= 15 is 0 Å². The summed E-state index contributed by atoms with van der Waals surface area (Å²) in [6.45, 7) is 0.554. The van der Waals surface area contributed by atoms with Gasteiger partial charge in [-0.25, -0.2) is 0 Å². The van der Waals surface area contributed by atoms with Crippen LogP contribution >= 0.6 is 11.8 Å². The van der Waals surface area contributed by atoms with Crippen LogP contribution in [0.1, 0.15) is 44.1 Å². The monoisotopic (exact) mass is 391 g/mol. The molecule has 148 valence electrons. The van der Waals surface area contributed by atoms with E-state index in [-0.39, 0.29) is 17.7 Å². The maximum Gasteiger partial charge on any atom is 0.303 e. The predicted molar refractivity (Wildman–Crippen MR) is 109 cm³/mol. The molecule has 2 rings (SSSR count). The van der Waals surface area contributed by atoms with Crippen LogP contribution in [0, 0.1) is 0 Å². The van der Waals surface area contributed by atoms with Crippen molar-refractivity contribution in [1.29, 1.82) is 0 Å². The number of rotatable bonds is 11. The number of benzene rings is 1. The van der Waals surface area contributed by atoms with Crippen LogP contribution in [-0.2, 0) is 11.2 Å². The summed E-state index contributed by atoms with van der Waals surface area (Å²) in [6.07, 6.45) is 8.07. The van der Waals surface area contributed by atoms with Crippen molar-refractivity contribution in [3.63, 3.8) is 0 Å². The summed E-state index contributed by atoms with van der Waals surface area (Å²) in [5, 5.41) is 19.1. The molecule has 6 heteroatoms. The van der Waals surface area contributed by atoms with Gasteiger partial charge < -0.3 is 15.1 Å². The predicted octanol–water partition coefficient (Wildman–Crippen LogP) is 4.11. The first kappa shape index (κ1) is 21.5. The summed E-state index contributed by atoms with van der Waals surface area (Å²) in [4.78, 5) is 24.7. The molecule has 1 aliphatic rings. The molecule has 1 heterocycles. The number of unbranched alkanes of at least 4 members (excludes halogenated alkanes) is 1. The first-order valence-electron chi connectivity index (χ1n) is 9.58. The van der Waals surface area contributed by atoms with E-state index in [1.165, 1.54) is 11.8 Å². The van der Waals surface area contributed by atoms with E-state index < -0.39 is 12.1 Å². The third-order valence-electron chi connectivity index (χ3n) is 4.73. The van der Waals surface area contributed by atoms with Crippen molar-refractivity contribution in [1.82, 2.24) is 4.90 Å². The fourth-order valence-corrected chi connectivity index (χ4v) is 4.20. The lowest BCUT2D eigenvalue weighted by Gasteiger charge is -2.35. The molecule has 1 fully saturated rings. The molecule has 0 aromatic heterocycles. The molecule has 1 amide bonds. The van der Waals surface area contributed by atoms with E-state index in [4.69, 9.17) is 5.11 Å². The molecule has 27 heavy (non-hydrogen) atoms. The quantitative estimate of drug-likeness (QED) is 0.438. The molecule has 1 aromatic rings. The van der Waals surface area contributed by atoms with Gasteiger partial charge in [0.15, 0.2) is 0 Å². The van der Waals surface area contributed by atoms with Crippen molar-refractivity contribution in [2.45, 2.75) is 57.1 Å². The summed E-state index contributed by atoms with van der Waals surface area (Å²) in [5.74, 6) is 0.0528. The number of carboxylic acid groups (broad SMARTS) is 1. The Kier molecular flexibility index (Phi) is 9.42. The van der Waals surface area contributed by atoms with Gasteiger partial charge in [0.2, 0.25) is 0 Å². The van der Waals surface area contributed by atoms with Crippen LogP contribution in [0.2, 0.25) is 0 Å². The van der Waals surface area contributed by atoms with Gasteiger partial charge in [-0.2, -0.15) is 0 Å². The minimum atomic E-state index is -0.778. The van der Waals surface area contributed by atoms with Crippen LogP contribution in [0.15, 0.2) is 42.5 Å². The lowest BCUT2D eigenvalue weighted by atomic mass is 9.99. The van der Waals surface area contributed by atoms with Gasteiger partial charge in [-0.1, -0.05) is 54.2 Å². The minimum Gasteiger partial charge on any atom is -0.481 e. The van der Waals surface area contributed by atoms with Gasteiger partial charge in [0, 0.05) is 24.8 Å². The van der Waals surface area contributed by atoms with E-state index in [0.29, 0.717) is 32.2 Å². The standard InChI is InChI=1S/C21H29NO4S/c23-19(16-17-8-4-3-5-9-17)12-11-18-13-15-27-21(26)22(18)14-7-2-1-6-10-20(24)25/h2-5,7-9,18-19,23H,1,6,10-16H2,(H,24,25)/b7-2-/t18-,19?/m0/s1. The second-order valence-corrected chi connectivity index (χ2v) is 7.93. The van der Waals surface area contributed by atoms with Gasteiger partial charge in [0.1, 0.15) is 0 Å². The highest BCUT2D eigenvalue weighted by molar-refractivity contribution is 8.13. The van der Waals surface area contributed by atoms with E-state index in [1.54, 1.807) is 0 Å². The van der Waals surface area contributed by atoms with Crippen LogP contribution < -0.4 is 0 Å². The van der Waals surface area contributed by atoms with Gasteiger partial charge in [-0.15, -0.1) is 0 Å². The topological polar surface area (TPSA) is 77.8 Å². The molecule has 1 aromatic carbocycles. The van der Waals surface area contributed by atoms with Crippen molar-refractivity contribution < 1.29 is 19.8 Å². The fraction of sp³-hybridized carbons (Fsp3) is 0.524. The first-order valence-corrected chi connectivity index (χ1v) is 10.6. The average molecular weight is 392 g/mol. The number of aliphatic hydroxyl groups is 1. The Balaban J connectivity index is 1.77. The molecule has 2 atom stereocenters. The summed E-state index contributed by atoms with van der Waals surface area (Å²) in [6, 6.07) is 10.1. The van der Waals surface area contributed by atoms with Crippen LogP contribution in [0.3, 0.4) is 0 Å². The molecule has 1 aliphatic heterocycles. The third-order valence-corrected chi connectivity index (χ3v) is 5.65. The number of allylic oxidation sites excluding steroid dienone is 1. The smallest absolute Gasteiger partial charge is 0.303 e. The Morgan fingerprint density at radius 1 is 1.30 bits per heavy atom. The Labute approximate surface area is 165 Å². The van der Waals surface area contributed by atoms with Crippen molar-refractivity contribution >= 4 is 23.0 Å². The van der Waals surface area contributed by atoms with Gasteiger partial charge >= 0.3 is 5.97 Å². The van der Waals surface area contributed by atoms with Crippen molar-refractivity contribution in [2.24, 2.45) is 0 Å². The largest absolute Gasteiger partial charge is 0.481 e. The number of carbonyl (C=O) groups excluding carboxylic acids is 1. The number of hydrogen-bond acceptors (Lipinski definition) is 4. The number of carboxylic acids is 1. The van der Waals surface area contributed by atoms with Crippen LogP contribution in [0.4, 0.5) is 4.79 Å². The van der Waals surface area contributed by atoms with Gasteiger partial charge in [-0.3, -0.25) is 9.59 Å². The molecule has 0 bridgehead atoms. The number of hydrogen-bond donors (Lipinski definition) is 2. The van der Waals surface area contributed by atoms with E-state index in [9.17, 15) is 14.7 Å². The van der Waals surface area contributed by atoms with E-state index in [2.05, 4.69) is 0 Å². The molecule has 0 saturated carbocycles. The molecule has 5 nitrogen and oxygen atoms in total. The molecule has 0 aliphatic carbocycles. The second kappa shape index (κ2) is 11.8. The number of thioether (sulfide) groups is 1. The van der Waals surface area contributed by atoms with Gasteiger partial charge in [0.25, 0.3) is 5.24 Å². The number of aliphatic carboxylic acids is 1. The third kappa shape index (κ3) is 8.18. The summed E-state index contributed by atoms with van der Waals surface area (Å²) < 4.78 is 0. The van der Waals surface area contributed by atoms with E-state index in [1.807, 2.05) is 47.4 Å². The highest BCUT2D eigenvalue weighted by Gasteiger charge is 2.28. The molecule has 1 unspecified atom stereocenters. The molecule has 0 radical (unpaired) electrons. The first-order chi connectivity index (χ1) is 13.1. The number of amides is 1. The Hall–Kier alpha value is -1.79. The lowest BCUT2D eigenvalue weighted by Crippen LogP contribution is -2.42. The lowest BCUT2D eigenvalue weighted by molar-refractivity contribution is -0.137. The number of carbonyl (C=O) groups is 2. The SMILES string of the molecule is O=C(O)CCC/C=C\CN1C(=O)SCC[C@@H]1CCC(O)Cc1ccccc1. The summed E-state index contributed by atoms with van der Waals surface area (Å²) >= 11 is 1.35. The maximum atomic E-state index is 12.3. The molecule has 2 N–H and O–H groups in total. The zero-order valence-electron chi connectivity index (χ0n) is 15.6. The highest BCUT2D eigenvalue weighted by Crippen LogP contribution is 2.26. The zero-order chi connectivity index (χ0) is 19.5. The normalized spacial score (nSPS) is 18.8. The van der Waals surface area contributed by atoms with Gasteiger partial charge in [-0.05, 0) is 44.1 Å². The van der Waals surface area contributed by atoms with E-state index in [0.717, 1.165) is 24.2 Å². The van der Waals surface area contributed by atoms with Gasteiger partial charge in [0.05, 0.1) is 6.10 Å². The average Bonchev–Trinajstić information content (AvgIpc) is 2.65. The number of nitrogens with zero attached hydrogens (tertiary/aromatic N) is 1. The van der Waals surface area contributed by atoms with Crippen molar-refractivity contribution in [3.8, 4) is 0 Å². The Morgan fingerprint density at radius 3 is 2.81 bits per heavy atom. The van der Waals surface area contributed by atoms with Crippen molar-refractivity contribution in [3.05, 3.63) is 48.0 Å². The molecule has 1 saturated heterocycles. The summed E-state index contributed by atoms with van der Waals surface area (Å²) in [5.41, 5.74) is 1.13. The molecular weight excluding hydrogens is 362 g/mol. The zero-order valence-corrected chi connectivity index (χ0v) is 16.4. The molecule has 0 spiro atoms. The Morgan fingerprint density at radius 2 is 2.07 bits per heavy atom. The molecular formula is C21H29NO4S. The maximum absolute atomic E-state index is 12.3. The summed E-state index contributed by atoms with van der Waals surface area (Å²) in [7, 11) is 0. The van der Waals surface area contributed by atoms with Crippen molar-refractivity contribution in [2.75, 3.05) is 12.3 Å². The van der Waals surface area contributed by atoms with Crippen LogP contribution in [-0.4, -0.2) is 50.8 Å². The van der Waals surface area contributed by atoms with Crippen LogP contribution in [0.25, 0.3) is 0 Å². The highest BCUT2D eigenvalue weighted by atomic mass is 32.2. The van der Waals surface area contributed by atoms with Crippen LogP contribution in [0.5, 0.6) is 0 Å². The Bertz CT molecular complexity index is 620. The fourth-order valence-electron chi connectivity index (χ4n) is 3.24. The minimum absolute atomic E-state index is 0.0963.